The highest BCUT2D eigenvalue weighted by Gasteiger charge is 2.37. The highest BCUT2D eigenvalue weighted by molar-refractivity contribution is 5.88. The van der Waals surface area contributed by atoms with Crippen LogP contribution in [0.15, 0.2) is 18.3 Å². The molecule has 0 radical (unpaired) electrons. The summed E-state index contributed by atoms with van der Waals surface area (Å²) in [4.78, 5) is 18.5. The van der Waals surface area contributed by atoms with Crippen LogP contribution in [0.4, 0.5) is 10.5 Å². The highest BCUT2D eigenvalue weighted by atomic mass is 16.6. The van der Waals surface area contributed by atoms with E-state index >= 15 is 0 Å². The molecule has 1 aromatic rings. The van der Waals surface area contributed by atoms with E-state index in [-0.39, 0.29) is 12.1 Å². The number of carbonyl (C=O) groups excluding carboxylic acids is 1. The van der Waals surface area contributed by atoms with E-state index in [9.17, 15) is 4.79 Å². The van der Waals surface area contributed by atoms with Gasteiger partial charge in [-0.3, -0.25) is 9.88 Å². The molecule has 116 valence electrons. The number of amides is 1. The van der Waals surface area contributed by atoms with Crippen molar-refractivity contribution in [2.75, 3.05) is 4.90 Å². The Balaban J connectivity index is 2.24. The van der Waals surface area contributed by atoms with Gasteiger partial charge in [-0.15, -0.1) is 0 Å². The first-order valence-corrected chi connectivity index (χ1v) is 7.49. The van der Waals surface area contributed by atoms with Crippen LogP contribution in [0.1, 0.15) is 46.2 Å². The van der Waals surface area contributed by atoms with E-state index in [1.807, 2.05) is 32.9 Å². The maximum absolute atomic E-state index is 12.5. The van der Waals surface area contributed by atoms with Crippen molar-refractivity contribution in [2.45, 2.75) is 58.7 Å². The number of rotatable bonds is 4. The van der Waals surface area contributed by atoms with Gasteiger partial charge in [0.2, 0.25) is 0 Å². The number of carbonyl (C=O) groups is 1. The van der Waals surface area contributed by atoms with E-state index in [0.29, 0.717) is 12.5 Å². The first-order valence-electron chi connectivity index (χ1n) is 7.49. The Morgan fingerprint density at radius 3 is 2.57 bits per heavy atom. The molecule has 1 aliphatic rings. The topological polar surface area (TPSA) is 68.5 Å². The van der Waals surface area contributed by atoms with Gasteiger partial charge in [0.15, 0.2) is 0 Å². The summed E-state index contributed by atoms with van der Waals surface area (Å²) in [7, 11) is 0. The fraction of sp³-hybridized carbons (Fsp3) is 0.625. The van der Waals surface area contributed by atoms with Gasteiger partial charge in [0.25, 0.3) is 0 Å². The average molecular weight is 291 g/mol. The van der Waals surface area contributed by atoms with E-state index in [1.54, 1.807) is 11.1 Å². The van der Waals surface area contributed by atoms with Crippen molar-refractivity contribution >= 4 is 11.8 Å². The van der Waals surface area contributed by atoms with Crippen LogP contribution in [0, 0.1) is 5.92 Å². The first-order chi connectivity index (χ1) is 9.81. The SMILES string of the molecule is CC(C1CC1)N(C(=O)OC(C)(C)C)c1ccc(CN)nc1. The number of pyridine rings is 1. The molecule has 21 heavy (non-hydrogen) atoms. The third kappa shape index (κ3) is 4.17. The van der Waals surface area contributed by atoms with Gasteiger partial charge in [0.1, 0.15) is 5.60 Å². The normalized spacial score (nSPS) is 16.4. The monoisotopic (exact) mass is 291 g/mol. The molecule has 1 unspecified atom stereocenters. The fourth-order valence-corrected chi connectivity index (χ4v) is 2.29. The zero-order chi connectivity index (χ0) is 15.6. The Hall–Kier alpha value is -1.62. The first kappa shape index (κ1) is 15.8. The van der Waals surface area contributed by atoms with Crippen molar-refractivity contribution in [1.29, 1.82) is 0 Å². The van der Waals surface area contributed by atoms with Gasteiger partial charge in [-0.25, -0.2) is 4.79 Å². The lowest BCUT2D eigenvalue weighted by molar-refractivity contribution is 0.0564. The second kappa shape index (κ2) is 6.02. The summed E-state index contributed by atoms with van der Waals surface area (Å²) in [6.45, 7) is 8.09. The smallest absolute Gasteiger partial charge is 0.415 e. The molecule has 1 atom stereocenters. The van der Waals surface area contributed by atoms with Crippen LogP contribution in [-0.4, -0.2) is 22.7 Å². The van der Waals surface area contributed by atoms with Crippen LogP contribution in [0.2, 0.25) is 0 Å². The Labute approximate surface area is 126 Å². The van der Waals surface area contributed by atoms with Crippen LogP contribution >= 0.6 is 0 Å². The number of anilines is 1. The maximum atomic E-state index is 12.5. The summed E-state index contributed by atoms with van der Waals surface area (Å²) < 4.78 is 5.54. The van der Waals surface area contributed by atoms with Crippen LogP contribution in [-0.2, 0) is 11.3 Å². The maximum Gasteiger partial charge on any atom is 0.415 e. The molecular formula is C16H25N3O2. The molecule has 2 rings (SSSR count). The predicted octanol–water partition coefficient (Wildman–Crippen LogP) is 3.08. The van der Waals surface area contributed by atoms with Crippen molar-refractivity contribution in [2.24, 2.45) is 11.7 Å². The molecule has 0 spiro atoms. The molecule has 1 amide bonds. The van der Waals surface area contributed by atoms with E-state index < -0.39 is 5.60 Å². The number of ether oxygens (including phenoxy) is 1. The van der Waals surface area contributed by atoms with E-state index in [1.165, 1.54) is 0 Å². The molecule has 0 aromatic carbocycles. The van der Waals surface area contributed by atoms with Crippen molar-refractivity contribution in [1.82, 2.24) is 4.98 Å². The summed E-state index contributed by atoms with van der Waals surface area (Å²) >= 11 is 0. The lowest BCUT2D eigenvalue weighted by Crippen LogP contribution is -2.43. The van der Waals surface area contributed by atoms with Gasteiger partial charge in [-0.1, -0.05) is 0 Å². The summed E-state index contributed by atoms with van der Waals surface area (Å²) in [6.07, 6.45) is 3.71. The molecule has 0 aliphatic heterocycles. The van der Waals surface area contributed by atoms with Crippen LogP contribution < -0.4 is 10.6 Å². The number of hydrogen-bond acceptors (Lipinski definition) is 4. The fourth-order valence-electron chi connectivity index (χ4n) is 2.29. The predicted molar refractivity (Wildman–Crippen MR) is 83.0 cm³/mol. The van der Waals surface area contributed by atoms with Gasteiger partial charge >= 0.3 is 6.09 Å². The molecule has 1 fully saturated rings. The molecule has 2 N–H and O–H groups in total. The molecule has 1 heterocycles. The van der Waals surface area contributed by atoms with Crippen LogP contribution in [0.3, 0.4) is 0 Å². The molecule has 5 heteroatoms. The zero-order valence-corrected chi connectivity index (χ0v) is 13.3. The highest BCUT2D eigenvalue weighted by Crippen LogP contribution is 2.37. The molecule has 1 aliphatic carbocycles. The Kier molecular flexibility index (Phi) is 4.52. The molecule has 5 nitrogen and oxygen atoms in total. The number of nitrogens with zero attached hydrogens (tertiary/aromatic N) is 2. The molecular weight excluding hydrogens is 266 g/mol. The van der Waals surface area contributed by atoms with Crippen LogP contribution in [0.5, 0.6) is 0 Å². The Morgan fingerprint density at radius 2 is 2.14 bits per heavy atom. The Morgan fingerprint density at radius 1 is 1.48 bits per heavy atom. The molecule has 1 saturated carbocycles. The van der Waals surface area contributed by atoms with Gasteiger partial charge in [-0.2, -0.15) is 0 Å². The van der Waals surface area contributed by atoms with Crippen molar-refractivity contribution in [3.8, 4) is 0 Å². The second-order valence-corrected chi connectivity index (χ2v) is 6.64. The minimum absolute atomic E-state index is 0.116. The third-order valence-electron chi connectivity index (χ3n) is 3.60. The van der Waals surface area contributed by atoms with E-state index in [0.717, 1.165) is 24.2 Å². The minimum atomic E-state index is -0.511. The largest absolute Gasteiger partial charge is 0.443 e. The molecule has 0 bridgehead atoms. The summed E-state index contributed by atoms with van der Waals surface area (Å²) in [5.74, 6) is 0.548. The van der Waals surface area contributed by atoms with Gasteiger partial charge in [0, 0.05) is 12.6 Å². The van der Waals surface area contributed by atoms with Crippen LogP contribution in [0.25, 0.3) is 0 Å². The summed E-state index contributed by atoms with van der Waals surface area (Å²) in [6, 6.07) is 3.86. The zero-order valence-electron chi connectivity index (χ0n) is 13.3. The number of hydrogen-bond donors (Lipinski definition) is 1. The van der Waals surface area contributed by atoms with Crippen molar-refractivity contribution in [3.05, 3.63) is 24.0 Å². The van der Waals surface area contributed by atoms with Gasteiger partial charge < -0.3 is 10.5 Å². The quantitative estimate of drug-likeness (QED) is 0.925. The third-order valence-corrected chi connectivity index (χ3v) is 3.60. The van der Waals surface area contributed by atoms with E-state index in [2.05, 4.69) is 11.9 Å². The average Bonchev–Trinajstić information content (AvgIpc) is 3.21. The van der Waals surface area contributed by atoms with Gasteiger partial charge in [-0.05, 0) is 58.6 Å². The minimum Gasteiger partial charge on any atom is -0.443 e. The van der Waals surface area contributed by atoms with Crippen molar-refractivity contribution in [3.63, 3.8) is 0 Å². The van der Waals surface area contributed by atoms with Crippen molar-refractivity contribution < 1.29 is 9.53 Å². The molecule has 1 aromatic heterocycles. The second-order valence-electron chi connectivity index (χ2n) is 6.64. The summed E-state index contributed by atoms with van der Waals surface area (Å²) in [5, 5.41) is 0. The van der Waals surface area contributed by atoms with E-state index in [4.69, 9.17) is 10.5 Å². The standard InChI is InChI=1S/C16H25N3O2/c1-11(12-5-6-12)19(15(20)21-16(2,3)4)14-8-7-13(9-17)18-10-14/h7-8,10-12H,5-6,9,17H2,1-4H3. The lowest BCUT2D eigenvalue weighted by Gasteiger charge is -2.31. The Bertz CT molecular complexity index is 489. The summed E-state index contributed by atoms with van der Waals surface area (Å²) in [5.41, 5.74) is 6.63. The van der Waals surface area contributed by atoms with Gasteiger partial charge in [0.05, 0.1) is 17.6 Å². The number of nitrogens with two attached hydrogens (primary N) is 1. The number of aromatic nitrogens is 1. The lowest BCUT2D eigenvalue weighted by atomic mass is 10.1. The molecule has 0 saturated heterocycles.